The van der Waals surface area contributed by atoms with Gasteiger partial charge in [-0.3, -0.25) is 0 Å². The fourth-order valence-electron chi connectivity index (χ4n) is 1.72. The summed E-state index contributed by atoms with van der Waals surface area (Å²) in [5, 5.41) is 0. The zero-order valence-corrected chi connectivity index (χ0v) is 8.04. The predicted octanol–water partition coefficient (Wildman–Crippen LogP) is 2.21. The van der Waals surface area contributed by atoms with Gasteiger partial charge < -0.3 is 9.47 Å². The maximum atomic E-state index is 5.49. The molecule has 0 saturated carbocycles. The Morgan fingerprint density at radius 3 is 3.08 bits per heavy atom. The Labute approximate surface area is 78.5 Å². The van der Waals surface area contributed by atoms with Gasteiger partial charge in [0.25, 0.3) is 0 Å². The first kappa shape index (κ1) is 8.73. The lowest BCUT2D eigenvalue weighted by molar-refractivity contribution is -0.134. The van der Waals surface area contributed by atoms with Crippen LogP contribution < -0.4 is 0 Å². The highest BCUT2D eigenvalue weighted by Gasteiger charge is 2.19. The number of fused-ring (bicyclic) bond motifs is 1. The molecule has 1 aromatic carbocycles. The summed E-state index contributed by atoms with van der Waals surface area (Å²) in [5.74, 6) is 0. The van der Waals surface area contributed by atoms with Crippen LogP contribution in [0.2, 0.25) is 0 Å². The van der Waals surface area contributed by atoms with Gasteiger partial charge in [0.05, 0.1) is 6.61 Å². The molecule has 70 valence electrons. The second kappa shape index (κ2) is 3.48. The SMILES string of the molecule is CO[C@@H]1OCCc2ccc(C)cc21. The van der Waals surface area contributed by atoms with Gasteiger partial charge >= 0.3 is 0 Å². The van der Waals surface area contributed by atoms with E-state index in [0.29, 0.717) is 0 Å². The number of ether oxygens (including phenoxy) is 2. The van der Waals surface area contributed by atoms with Crippen LogP contribution in [0, 0.1) is 6.92 Å². The number of rotatable bonds is 1. The Bertz CT molecular complexity index is 307. The predicted molar refractivity (Wildman–Crippen MR) is 50.6 cm³/mol. The molecule has 2 heteroatoms. The molecule has 0 amide bonds. The third kappa shape index (κ3) is 1.60. The van der Waals surface area contributed by atoms with Crippen LogP contribution in [0.15, 0.2) is 18.2 Å². The van der Waals surface area contributed by atoms with Crippen LogP contribution in [-0.4, -0.2) is 13.7 Å². The van der Waals surface area contributed by atoms with Gasteiger partial charge in [-0.1, -0.05) is 23.8 Å². The Balaban J connectivity index is 2.41. The number of aryl methyl sites for hydroxylation is 1. The highest BCUT2D eigenvalue weighted by molar-refractivity contribution is 5.33. The average molecular weight is 178 g/mol. The summed E-state index contributed by atoms with van der Waals surface area (Å²) >= 11 is 0. The molecule has 0 bridgehead atoms. The summed E-state index contributed by atoms with van der Waals surface area (Å²) in [4.78, 5) is 0. The molecule has 2 nitrogen and oxygen atoms in total. The lowest BCUT2D eigenvalue weighted by Gasteiger charge is -2.24. The molecule has 1 aliphatic heterocycles. The first-order valence-corrected chi connectivity index (χ1v) is 4.55. The van der Waals surface area contributed by atoms with E-state index in [1.807, 2.05) is 0 Å². The van der Waals surface area contributed by atoms with Crippen molar-refractivity contribution in [2.45, 2.75) is 19.6 Å². The van der Waals surface area contributed by atoms with E-state index in [-0.39, 0.29) is 6.29 Å². The van der Waals surface area contributed by atoms with Crippen molar-refractivity contribution in [1.82, 2.24) is 0 Å². The van der Waals surface area contributed by atoms with E-state index in [0.717, 1.165) is 13.0 Å². The van der Waals surface area contributed by atoms with Gasteiger partial charge in [-0.25, -0.2) is 0 Å². The minimum Gasteiger partial charge on any atom is -0.352 e. The lowest BCUT2D eigenvalue weighted by Crippen LogP contribution is -2.17. The first-order chi connectivity index (χ1) is 6.31. The molecule has 0 radical (unpaired) electrons. The van der Waals surface area contributed by atoms with Gasteiger partial charge in [0.2, 0.25) is 0 Å². The quantitative estimate of drug-likeness (QED) is 0.656. The summed E-state index contributed by atoms with van der Waals surface area (Å²) in [7, 11) is 1.68. The molecular weight excluding hydrogens is 164 g/mol. The molecule has 13 heavy (non-hydrogen) atoms. The normalized spacial score (nSPS) is 21.2. The van der Waals surface area contributed by atoms with Crippen molar-refractivity contribution in [3.63, 3.8) is 0 Å². The highest BCUT2D eigenvalue weighted by atomic mass is 16.7. The summed E-state index contributed by atoms with van der Waals surface area (Å²) < 4.78 is 10.7. The Hall–Kier alpha value is -0.860. The molecule has 0 spiro atoms. The summed E-state index contributed by atoms with van der Waals surface area (Å²) in [6, 6.07) is 6.44. The molecule has 1 atom stereocenters. The lowest BCUT2D eigenvalue weighted by atomic mass is 10.00. The standard InChI is InChI=1S/C11H14O2/c1-8-3-4-9-5-6-13-11(12-2)10(9)7-8/h3-4,7,11H,5-6H2,1-2H3/t11-/m1/s1. The third-order valence-electron chi connectivity index (χ3n) is 2.41. The maximum Gasteiger partial charge on any atom is 0.183 e. The highest BCUT2D eigenvalue weighted by Crippen LogP contribution is 2.27. The van der Waals surface area contributed by atoms with E-state index in [1.54, 1.807) is 7.11 Å². The van der Waals surface area contributed by atoms with E-state index in [9.17, 15) is 0 Å². The van der Waals surface area contributed by atoms with Crippen LogP contribution in [0.4, 0.5) is 0 Å². The number of hydrogen-bond donors (Lipinski definition) is 0. The largest absolute Gasteiger partial charge is 0.352 e. The van der Waals surface area contributed by atoms with Crippen LogP contribution in [-0.2, 0) is 15.9 Å². The van der Waals surface area contributed by atoms with E-state index in [4.69, 9.17) is 9.47 Å². The number of methoxy groups -OCH3 is 1. The molecule has 0 aromatic heterocycles. The minimum absolute atomic E-state index is 0.163. The topological polar surface area (TPSA) is 18.5 Å². The number of hydrogen-bond acceptors (Lipinski definition) is 2. The van der Waals surface area contributed by atoms with Gasteiger partial charge in [-0.2, -0.15) is 0 Å². The first-order valence-electron chi connectivity index (χ1n) is 4.55. The zero-order valence-electron chi connectivity index (χ0n) is 8.04. The molecular formula is C11H14O2. The van der Waals surface area contributed by atoms with Crippen molar-refractivity contribution in [2.24, 2.45) is 0 Å². The second-order valence-electron chi connectivity index (χ2n) is 3.39. The fourth-order valence-corrected chi connectivity index (χ4v) is 1.72. The van der Waals surface area contributed by atoms with Crippen LogP contribution in [0.25, 0.3) is 0 Å². The Morgan fingerprint density at radius 1 is 1.46 bits per heavy atom. The second-order valence-corrected chi connectivity index (χ2v) is 3.39. The van der Waals surface area contributed by atoms with Crippen molar-refractivity contribution < 1.29 is 9.47 Å². The summed E-state index contributed by atoms with van der Waals surface area (Å²) in [6.45, 7) is 2.84. The van der Waals surface area contributed by atoms with Crippen molar-refractivity contribution in [2.75, 3.05) is 13.7 Å². The molecule has 2 rings (SSSR count). The van der Waals surface area contributed by atoms with Crippen molar-refractivity contribution in [3.8, 4) is 0 Å². The van der Waals surface area contributed by atoms with Crippen LogP contribution in [0.3, 0.4) is 0 Å². The molecule has 1 aliphatic rings. The van der Waals surface area contributed by atoms with Crippen LogP contribution >= 0.6 is 0 Å². The zero-order chi connectivity index (χ0) is 9.26. The molecule has 0 N–H and O–H groups in total. The van der Waals surface area contributed by atoms with E-state index in [1.165, 1.54) is 16.7 Å². The van der Waals surface area contributed by atoms with Gasteiger partial charge in [-0.05, 0) is 18.9 Å². The Morgan fingerprint density at radius 2 is 2.31 bits per heavy atom. The molecule has 0 aliphatic carbocycles. The van der Waals surface area contributed by atoms with Crippen molar-refractivity contribution in [3.05, 3.63) is 34.9 Å². The van der Waals surface area contributed by atoms with Crippen molar-refractivity contribution >= 4 is 0 Å². The van der Waals surface area contributed by atoms with Gasteiger partial charge in [-0.15, -0.1) is 0 Å². The van der Waals surface area contributed by atoms with Gasteiger partial charge in [0.15, 0.2) is 6.29 Å². The van der Waals surface area contributed by atoms with Crippen LogP contribution in [0.1, 0.15) is 23.0 Å². The maximum absolute atomic E-state index is 5.49. The molecule has 0 saturated heterocycles. The summed E-state index contributed by atoms with van der Waals surface area (Å²) in [6.07, 6.45) is 0.832. The molecule has 0 fully saturated rings. The average Bonchev–Trinajstić information content (AvgIpc) is 2.17. The monoisotopic (exact) mass is 178 g/mol. The fraction of sp³-hybridized carbons (Fsp3) is 0.455. The smallest absolute Gasteiger partial charge is 0.183 e. The molecule has 0 unspecified atom stereocenters. The number of benzene rings is 1. The summed E-state index contributed by atoms with van der Waals surface area (Å²) in [5.41, 5.74) is 3.80. The third-order valence-corrected chi connectivity index (χ3v) is 2.41. The minimum atomic E-state index is -0.163. The van der Waals surface area contributed by atoms with E-state index >= 15 is 0 Å². The van der Waals surface area contributed by atoms with Crippen LogP contribution in [0.5, 0.6) is 0 Å². The van der Waals surface area contributed by atoms with Gasteiger partial charge in [0, 0.05) is 12.7 Å². The molecule has 1 heterocycles. The van der Waals surface area contributed by atoms with Crippen molar-refractivity contribution in [1.29, 1.82) is 0 Å². The van der Waals surface area contributed by atoms with E-state index in [2.05, 4.69) is 25.1 Å². The van der Waals surface area contributed by atoms with Gasteiger partial charge in [0.1, 0.15) is 0 Å². The molecule has 1 aromatic rings. The van der Waals surface area contributed by atoms with E-state index < -0.39 is 0 Å². The Kier molecular flexibility index (Phi) is 2.34.